The normalized spacial score (nSPS) is 13.9. The molecule has 0 aromatic heterocycles. The van der Waals surface area contributed by atoms with Gasteiger partial charge in [0.25, 0.3) is 0 Å². The zero-order valence-electron chi connectivity index (χ0n) is 7.45. The largest absolute Gasteiger partial charge is 0.504 e. The molecule has 0 unspecified atom stereocenters. The van der Waals surface area contributed by atoms with E-state index in [-0.39, 0.29) is 5.75 Å². The summed E-state index contributed by atoms with van der Waals surface area (Å²) in [5, 5.41) is 9.48. The number of aromatic hydroxyl groups is 1. The summed E-state index contributed by atoms with van der Waals surface area (Å²) in [6.45, 7) is 0.820. The lowest BCUT2D eigenvalue weighted by molar-refractivity contribution is 0.373. The fourth-order valence-corrected chi connectivity index (χ4v) is 1.47. The minimum atomic E-state index is 0.176. The van der Waals surface area contributed by atoms with Crippen LogP contribution in [0.4, 0.5) is 0 Å². The number of phenols is 1. The maximum Gasteiger partial charge on any atom is 0.160 e. The smallest absolute Gasteiger partial charge is 0.160 e. The Morgan fingerprint density at radius 3 is 3.08 bits per heavy atom. The molecule has 0 saturated carbocycles. The van der Waals surface area contributed by atoms with E-state index < -0.39 is 0 Å². The molecule has 0 bridgehead atoms. The highest BCUT2D eigenvalue weighted by molar-refractivity contribution is 5.84. The van der Waals surface area contributed by atoms with Crippen molar-refractivity contribution in [1.82, 2.24) is 0 Å². The van der Waals surface area contributed by atoms with Crippen LogP contribution in [0, 0.1) is 0 Å². The van der Waals surface area contributed by atoms with Crippen LogP contribution in [-0.4, -0.2) is 25.0 Å². The first-order valence-electron chi connectivity index (χ1n) is 4.21. The molecular formula is C10H11NO2. The Morgan fingerprint density at radius 1 is 1.46 bits per heavy atom. The maximum atomic E-state index is 9.48. The first kappa shape index (κ1) is 8.10. The lowest BCUT2D eigenvalue weighted by atomic mass is 10.0. The van der Waals surface area contributed by atoms with Gasteiger partial charge < -0.3 is 9.84 Å². The van der Waals surface area contributed by atoms with Crippen LogP contribution < -0.4 is 4.74 Å². The summed E-state index contributed by atoms with van der Waals surface area (Å²) in [5.74, 6) is 0.712. The fraction of sp³-hybridized carbons (Fsp3) is 0.300. The summed E-state index contributed by atoms with van der Waals surface area (Å²) in [7, 11) is 1.55. The molecule has 0 spiro atoms. The third kappa shape index (κ3) is 1.37. The van der Waals surface area contributed by atoms with Gasteiger partial charge in [-0.15, -0.1) is 0 Å². The van der Waals surface area contributed by atoms with Crippen molar-refractivity contribution in [2.75, 3.05) is 13.7 Å². The van der Waals surface area contributed by atoms with Crippen LogP contribution in [0.2, 0.25) is 0 Å². The van der Waals surface area contributed by atoms with Gasteiger partial charge in [-0.2, -0.15) is 0 Å². The summed E-state index contributed by atoms with van der Waals surface area (Å²) in [4.78, 5) is 4.14. The molecule has 2 rings (SSSR count). The number of ether oxygens (including phenoxy) is 1. The van der Waals surface area contributed by atoms with Gasteiger partial charge in [0.1, 0.15) is 0 Å². The third-order valence-corrected chi connectivity index (χ3v) is 2.18. The molecule has 0 aliphatic carbocycles. The van der Waals surface area contributed by atoms with E-state index in [9.17, 15) is 5.11 Å². The molecule has 0 amide bonds. The van der Waals surface area contributed by atoms with Crippen LogP contribution >= 0.6 is 0 Å². The van der Waals surface area contributed by atoms with E-state index in [1.54, 1.807) is 19.4 Å². The van der Waals surface area contributed by atoms with Crippen LogP contribution in [0.25, 0.3) is 0 Å². The Labute approximate surface area is 76.7 Å². The molecule has 1 aliphatic heterocycles. The van der Waals surface area contributed by atoms with Crippen molar-refractivity contribution in [3.63, 3.8) is 0 Å². The first-order valence-corrected chi connectivity index (χ1v) is 4.21. The Kier molecular flexibility index (Phi) is 1.93. The van der Waals surface area contributed by atoms with E-state index in [2.05, 4.69) is 4.99 Å². The highest BCUT2D eigenvalue weighted by Gasteiger charge is 2.10. The maximum absolute atomic E-state index is 9.48. The van der Waals surface area contributed by atoms with Gasteiger partial charge in [0.2, 0.25) is 0 Å². The molecule has 0 radical (unpaired) electrons. The number of nitrogens with zero attached hydrogens (tertiary/aromatic N) is 1. The quantitative estimate of drug-likeness (QED) is 0.704. The van der Waals surface area contributed by atoms with Gasteiger partial charge in [0.15, 0.2) is 11.5 Å². The van der Waals surface area contributed by atoms with Crippen LogP contribution in [0.1, 0.15) is 11.1 Å². The fourth-order valence-electron chi connectivity index (χ4n) is 1.47. The van der Waals surface area contributed by atoms with Gasteiger partial charge in [0.05, 0.1) is 7.11 Å². The van der Waals surface area contributed by atoms with Crippen LogP contribution in [-0.2, 0) is 6.42 Å². The number of benzene rings is 1. The second-order valence-electron chi connectivity index (χ2n) is 3.01. The number of hydrogen-bond acceptors (Lipinski definition) is 3. The second kappa shape index (κ2) is 3.09. The third-order valence-electron chi connectivity index (χ3n) is 2.18. The van der Waals surface area contributed by atoms with E-state index in [1.807, 2.05) is 6.07 Å². The predicted octanol–water partition coefficient (Wildman–Crippen LogP) is 1.38. The minimum absolute atomic E-state index is 0.176. The molecule has 0 fully saturated rings. The summed E-state index contributed by atoms with van der Waals surface area (Å²) >= 11 is 0. The molecule has 1 aromatic rings. The summed E-state index contributed by atoms with van der Waals surface area (Å²) in [5.41, 5.74) is 2.18. The SMILES string of the molecule is COc1cc2c(cc1O)C=NCC2. The molecule has 1 heterocycles. The minimum Gasteiger partial charge on any atom is -0.504 e. The topological polar surface area (TPSA) is 41.8 Å². The number of phenolic OH excluding ortho intramolecular Hbond substituents is 1. The average molecular weight is 177 g/mol. The van der Waals surface area contributed by atoms with Crippen molar-refractivity contribution in [3.8, 4) is 11.5 Å². The molecular weight excluding hydrogens is 166 g/mol. The van der Waals surface area contributed by atoms with Crippen LogP contribution in [0.3, 0.4) is 0 Å². The van der Waals surface area contributed by atoms with E-state index in [4.69, 9.17) is 4.74 Å². The lowest BCUT2D eigenvalue weighted by Gasteiger charge is -2.12. The van der Waals surface area contributed by atoms with E-state index in [1.165, 1.54) is 5.56 Å². The zero-order chi connectivity index (χ0) is 9.26. The lowest BCUT2D eigenvalue weighted by Crippen LogP contribution is -2.03. The van der Waals surface area contributed by atoms with Crippen molar-refractivity contribution in [2.45, 2.75) is 6.42 Å². The number of hydrogen-bond donors (Lipinski definition) is 1. The Hall–Kier alpha value is -1.51. The number of fused-ring (bicyclic) bond motifs is 1. The van der Waals surface area contributed by atoms with Gasteiger partial charge in [-0.3, -0.25) is 4.99 Å². The predicted molar refractivity (Wildman–Crippen MR) is 50.8 cm³/mol. The Bertz CT molecular complexity index is 358. The molecule has 1 aromatic carbocycles. The summed E-state index contributed by atoms with van der Waals surface area (Å²) < 4.78 is 5.02. The zero-order valence-corrected chi connectivity index (χ0v) is 7.45. The molecule has 68 valence electrons. The highest BCUT2D eigenvalue weighted by Crippen LogP contribution is 2.29. The van der Waals surface area contributed by atoms with Gasteiger partial charge in [0, 0.05) is 12.8 Å². The monoisotopic (exact) mass is 177 g/mol. The first-order chi connectivity index (χ1) is 6.31. The van der Waals surface area contributed by atoms with Crippen molar-refractivity contribution in [1.29, 1.82) is 0 Å². The molecule has 1 aliphatic rings. The molecule has 1 N–H and O–H groups in total. The van der Waals surface area contributed by atoms with E-state index >= 15 is 0 Å². The molecule has 0 atom stereocenters. The molecule has 13 heavy (non-hydrogen) atoms. The van der Waals surface area contributed by atoms with Crippen LogP contribution in [0.15, 0.2) is 17.1 Å². The summed E-state index contributed by atoms with van der Waals surface area (Å²) in [6, 6.07) is 3.56. The Balaban J connectivity index is 2.52. The highest BCUT2D eigenvalue weighted by atomic mass is 16.5. The number of aliphatic imine (C=N–C) groups is 1. The van der Waals surface area contributed by atoms with Crippen molar-refractivity contribution < 1.29 is 9.84 Å². The molecule has 3 heteroatoms. The van der Waals surface area contributed by atoms with Gasteiger partial charge >= 0.3 is 0 Å². The number of methoxy groups -OCH3 is 1. The second-order valence-corrected chi connectivity index (χ2v) is 3.01. The summed E-state index contributed by atoms with van der Waals surface area (Å²) in [6.07, 6.45) is 2.71. The van der Waals surface area contributed by atoms with Gasteiger partial charge in [-0.05, 0) is 29.7 Å². The van der Waals surface area contributed by atoms with Crippen molar-refractivity contribution >= 4 is 6.21 Å². The Morgan fingerprint density at radius 2 is 2.31 bits per heavy atom. The van der Waals surface area contributed by atoms with Gasteiger partial charge in [-0.1, -0.05) is 0 Å². The van der Waals surface area contributed by atoms with Crippen LogP contribution in [0.5, 0.6) is 11.5 Å². The van der Waals surface area contributed by atoms with Gasteiger partial charge in [-0.25, -0.2) is 0 Å². The van der Waals surface area contributed by atoms with E-state index in [0.29, 0.717) is 5.75 Å². The number of rotatable bonds is 1. The van der Waals surface area contributed by atoms with E-state index in [0.717, 1.165) is 18.5 Å². The molecule has 3 nitrogen and oxygen atoms in total. The van der Waals surface area contributed by atoms with Crippen molar-refractivity contribution in [3.05, 3.63) is 23.3 Å². The molecule has 0 saturated heterocycles. The standard InChI is InChI=1S/C10H11NO2/c1-13-10-5-7-2-3-11-6-8(7)4-9(10)12/h4-6,12H,2-3H2,1H3. The average Bonchev–Trinajstić information content (AvgIpc) is 2.17. The van der Waals surface area contributed by atoms with Crippen molar-refractivity contribution in [2.24, 2.45) is 4.99 Å².